The molecule has 5 heteroatoms. The zero-order valence-corrected chi connectivity index (χ0v) is 12.0. The molecule has 16 heavy (non-hydrogen) atoms. The minimum atomic E-state index is -0.770. The lowest BCUT2D eigenvalue weighted by Gasteiger charge is -2.17. The topological polar surface area (TPSA) is 42.0 Å². The van der Waals surface area contributed by atoms with E-state index in [9.17, 15) is 4.21 Å². The average molecular weight is 260 g/mol. The second-order valence-corrected chi connectivity index (χ2v) is 7.99. The van der Waals surface area contributed by atoms with Crippen molar-refractivity contribution in [3.8, 4) is 0 Å². The van der Waals surface area contributed by atoms with Crippen LogP contribution in [0.1, 0.15) is 31.5 Å². The van der Waals surface area contributed by atoms with Gasteiger partial charge in [0.15, 0.2) is 0 Å². The van der Waals surface area contributed by atoms with Crippen molar-refractivity contribution in [1.29, 1.82) is 0 Å². The van der Waals surface area contributed by atoms with Crippen molar-refractivity contribution < 1.29 is 4.21 Å². The predicted molar refractivity (Wildman–Crippen MR) is 71.3 cm³/mol. The van der Waals surface area contributed by atoms with Crippen molar-refractivity contribution in [1.82, 2.24) is 10.3 Å². The average Bonchev–Trinajstić information content (AvgIpc) is 2.57. The number of aryl methyl sites for hydroxylation is 1. The van der Waals surface area contributed by atoms with Crippen LogP contribution in [0, 0.1) is 6.92 Å². The summed E-state index contributed by atoms with van der Waals surface area (Å²) in [6.07, 6.45) is 0. The summed E-state index contributed by atoms with van der Waals surface area (Å²) in [6.45, 7) is 9.57. The predicted octanol–water partition coefficient (Wildman–Crippen LogP) is 2.09. The highest BCUT2D eigenvalue weighted by Gasteiger charge is 2.18. The Kier molecular flexibility index (Phi) is 5.08. The van der Waals surface area contributed by atoms with Gasteiger partial charge in [-0.1, -0.05) is 0 Å². The Bertz CT molecular complexity index is 355. The van der Waals surface area contributed by atoms with Crippen LogP contribution in [-0.4, -0.2) is 26.2 Å². The molecule has 0 amide bonds. The zero-order valence-electron chi connectivity index (χ0n) is 10.4. The Balaban J connectivity index is 2.20. The van der Waals surface area contributed by atoms with Crippen LogP contribution in [-0.2, 0) is 17.3 Å². The summed E-state index contributed by atoms with van der Waals surface area (Å²) >= 11 is 1.66. The molecule has 0 saturated heterocycles. The summed E-state index contributed by atoms with van der Waals surface area (Å²) in [6, 6.07) is 0. The van der Waals surface area contributed by atoms with Gasteiger partial charge in [0.25, 0.3) is 0 Å². The van der Waals surface area contributed by atoms with E-state index in [4.69, 9.17) is 0 Å². The van der Waals surface area contributed by atoms with Gasteiger partial charge in [-0.05, 0) is 27.7 Å². The highest BCUT2D eigenvalue weighted by molar-refractivity contribution is 7.86. The fourth-order valence-corrected chi connectivity index (χ4v) is 2.83. The molecule has 1 aromatic heterocycles. The van der Waals surface area contributed by atoms with E-state index in [2.05, 4.69) is 10.3 Å². The molecule has 1 unspecified atom stereocenters. The van der Waals surface area contributed by atoms with Gasteiger partial charge >= 0.3 is 0 Å². The van der Waals surface area contributed by atoms with Gasteiger partial charge in [0.2, 0.25) is 0 Å². The summed E-state index contributed by atoms with van der Waals surface area (Å²) in [7, 11) is -0.770. The largest absolute Gasteiger partial charge is 0.310 e. The molecule has 1 rings (SSSR count). The number of thiazole rings is 1. The quantitative estimate of drug-likeness (QED) is 0.824. The normalized spacial score (nSPS) is 14.0. The lowest BCUT2D eigenvalue weighted by molar-refractivity contribution is 0.640. The maximum absolute atomic E-state index is 11.7. The molecule has 0 aromatic carbocycles. The van der Waals surface area contributed by atoms with Gasteiger partial charge in [0.05, 0.1) is 0 Å². The monoisotopic (exact) mass is 260 g/mol. The van der Waals surface area contributed by atoms with Crippen molar-refractivity contribution >= 4 is 22.1 Å². The number of aromatic nitrogens is 1. The molecule has 0 aliphatic carbocycles. The summed E-state index contributed by atoms with van der Waals surface area (Å²) in [5, 5.41) is 6.42. The van der Waals surface area contributed by atoms with E-state index in [1.54, 1.807) is 11.3 Å². The van der Waals surface area contributed by atoms with Gasteiger partial charge in [-0.2, -0.15) is 0 Å². The molecular weight excluding hydrogens is 240 g/mol. The summed E-state index contributed by atoms with van der Waals surface area (Å²) in [4.78, 5) is 4.36. The van der Waals surface area contributed by atoms with Crippen LogP contribution < -0.4 is 5.32 Å². The Morgan fingerprint density at radius 1 is 1.50 bits per heavy atom. The van der Waals surface area contributed by atoms with Gasteiger partial charge in [0.1, 0.15) is 5.01 Å². The van der Waals surface area contributed by atoms with E-state index in [-0.39, 0.29) is 4.75 Å². The molecule has 0 saturated carbocycles. The second-order valence-electron chi connectivity index (χ2n) is 4.72. The van der Waals surface area contributed by atoms with Crippen molar-refractivity contribution in [2.75, 3.05) is 12.3 Å². The molecule has 1 atom stereocenters. The van der Waals surface area contributed by atoms with Crippen molar-refractivity contribution in [2.45, 2.75) is 39.0 Å². The fourth-order valence-electron chi connectivity index (χ4n) is 1.15. The van der Waals surface area contributed by atoms with E-state index in [0.29, 0.717) is 5.75 Å². The maximum atomic E-state index is 11.7. The van der Waals surface area contributed by atoms with E-state index >= 15 is 0 Å². The third-order valence-corrected chi connectivity index (χ3v) is 5.00. The minimum absolute atomic E-state index is 0.112. The summed E-state index contributed by atoms with van der Waals surface area (Å²) in [5.74, 6) is 0.702. The first-order valence-corrected chi connectivity index (χ1v) is 7.59. The van der Waals surface area contributed by atoms with Gasteiger partial charge in [-0.15, -0.1) is 11.3 Å². The molecular formula is C11H20N2OS2. The first-order valence-electron chi connectivity index (χ1n) is 5.40. The first kappa shape index (κ1) is 13.8. The number of nitrogens with one attached hydrogen (secondary N) is 1. The molecule has 1 heterocycles. The molecule has 0 aliphatic heterocycles. The van der Waals surface area contributed by atoms with E-state index in [0.717, 1.165) is 23.8 Å². The van der Waals surface area contributed by atoms with Crippen LogP contribution in [0.5, 0.6) is 0 Å². The van der Waals surface area contributed by atoms with Gasteiger partial charge in [0, 0.05) is 45.5 Å². The zero-order chi connectivity index (χ0) is 12.2. The Labute approximate surface area is 104 Å². The highest BCUT2D eigenvalue weighted by atomic mass is 32.2. The van der Waals surface area contributed by atoms with Crippen LogP contribution in [0.25, 0.3) is 0 Å². The number of hydrogen-bond donors (Lipinski definition) is 1. The van der Waals surface area contributed by atoms with Crippen LogP contribution in [0.15, 0.2) is 5.38 Å². The Morgan fingerprint density at radius 3 is 2.69 bits per heavy atom. The minimum Gasteiger partial charge on any atom is -0.310 e. The molecule has 0 bridgehead atoms. The lowest BCUT2D eigenvalue weighted by atomic mass is 10.3. The standard InChI is InChI=1S/C11H20N2OS2/c1-9-8-15-10(13-9)7-12-5-6-16(14)11(2,3)4/h8,12H,5-7H2,1-4H3. The van der Waals surface area contributed by atoms with Gasteiger partial charge in [-0.25, -0.2) is 4.98 Å². The third kappa shape index (κ3) is 4.72. The van der Waals surface area contributed by atoms with Crippen LogP contribution >= 0.6 is 11.3 Å². The Morgan fingerprint density at radius 2 is 2.19 bits per heavy atom. The second kappa shape index (κ2) is 5.89. The van der Waals surface area contributed by atoms with E-state index < -0.39 is 10.8 Å². The molecule has 0 fully saturated rings. The van der Waals surface area contributed by atoms with E-state index in [1.165, 1.54) is 0 Å². The maximum Gasteiger partial charge on any atom is 0.107 e. The van der Waals surface area contributed by atoms with E-state index in [1.807, 2.05) is 33.1 Å². The fraction of sp³-hybridized carbons (Fsp3) is 0.727. The Hall–Kier alpha value is -0.260. The number of nitrogens with zero attached hydrogens (tertiary/aromatic N) is 1. The molecule has 1 N–H and O–H groups in total. The molecule has 0 radical (unpaired) electrons. The molecule has 0 aliphatic rings. The summed E-state index contributed by atoms with van der Waals surface area (Å²) in [5.41, 5.74) is 1.07. The molecule has 0 spiro atoms. The molecule has 1 aromatic rings. The molecule has 3 nitrogen and oxygen atoms in total. The highest BCUT2D eigenvalue weighted by Crippen LogP contribution is 2.11. The SMILES string of the molecule is Cc1csc(CNCCS(=O)C(C)(C)C)n1. The van der Waals surface area contributed by atoms with Crippen LogP contribution in [0.2, 0.25) is 0 Å². The van der Waals surface area contributed by atoms with Crippen molar-refractivity contribution in [2.24, 2.45) is 0 Å². The first-order chi connectivity index (χ1) is 7.39. The van der Waals surface area contributed by atoms with Crippen molar-refractivity contribution in [3.05, 3.63) is 16.1 Å². The summed E-state index contributed by atoms with van der Waals surface area (Å²) < 4.78 is 11.6. The van der Waals surface area contributed by atoms with Crippen LogP contribution in [0.3, 0.4) is 0 Å². The third-order valence-electron chi connectivity index (χ3n) is 2.09. The van der Waals surface area contributed by atoms with Gasteiger partial charge < -0.3 is 5.32 Å². The smallest absolute Gasteiger partial charge is 0.107 e. The lowest BCUT2D eigenvalue weighted by Crippen LogP contribution is -2.29. The van der Waals surface area contributed by atoms with Gasteiger partial charge in [-0.3, -0.25) is 4.21 Å². The molecule has 92 valence electrons. The number of rotatable bonds is 5. The van der Waals surface area contributed by atoms with Crippen LogP contribution in [0.4, 0.5) is 0 Å². The number of hydrogen-bond acceptors (Lipinski definition) is 4. The van der Waals surface area contributed by atoms with Crippen molar-refractivity contribution in [3.63, 3.8) is 0 Å².